The first-order valence-electron chi connectivity index (χ1n) is 4.78. The molecule has 0 aliphatic carbocycles. The van der Waals surface area contributed by atoms with Gasteiger partial charge in [0.05, 0.1) is 14.2 Å². The molecule has 0 saturated carbocycles. The molecule has 4 heteroatoms. The van der Waals surface area contributed by atoms with Crippen molar-refractivity contribution < 1.29 is 9.47 Å². The van der Waals surface area contributed by atoms with E-state index in [1.165, 1.54) is 0 Å². The highest BCUT2D eigenvalue weighted by molar-refractivity contribution is 5.73. The quantitative estimate of drug-likeness (QED) is 0.785. The third-order valence-electron chi connectivity index (χ3n) is 2.18. The number of ether oxygens (including phenoxy) is 2. The van der Waals surface area contributed by atoms with Crippen LogP contribution < -0.4 is 9.47 Å². The van der Waals surface area contributed by atoms with Crippen molar-refractivity contribution in [2.75, 3.05) is 14.2 Å². The molecule has 16 heavy (non-hydrogen) atoms. The molecule has 0 atom stereocenters. The molecule has 2 rings (SSSR count). The molecule has 0 aliphatic heterocycles. The van der Waals surface area contributed by atoms with Gasteiger partial charge in [0.25, 0.3) is 0 Å². The van der Waals surface area contributed by atoms with E-state index in [0.29, 0.717) is 11.8 Å². The van der Waals surface area contributed by atoms with Crippen LogP contribution >= 0.6 is 0 Å². The monoisotopic (exact) mass is 215 g/mol. The normalized spacial score (nSPS) is 9.88. The number of aromatic nitrogens is 2. The second kappa shape index (κ2) is 4.61. The van der Waals surface area contributed by atoms with E-state index in [0.717, 1.165) is 11.1 Å². The first-order valence-corrected chi connectivity index (χ1v) is 4.78. The average molecular weight is 215 g/mol. The number of rotatable bonds is 3. The maximum absolute atomic E-state index is 5.18. The molecule has 1 aromatic carbocycles. The van der Waals surface area contributed by atoms with E-state index in [1.807, 2.05) is 30.3 Å². The lowest BCUT2D eigenvalue weighted by atomic mass is 10.1. The standard InChI is InChI=1S/C12H11N2O2/c1-15-11-10(9-6-4-3-5-7-9)12(16-2)14-8-13-11/h3-7H,1-2H3. The largest absolute Gasteiger partial charge is 0.480 e. The molecular formula is C12H11N2O2. The van der Waals surface area contributed by atoms with Gasteiger partial charge in [-0.15, -0.1) is 0 Å². The number of hydrogen-bond acceptors (Lipinski definition) is 4. The van der Waals surface area contributed by atoms with Gasteiger partial charge in [-0.1, -0.05) is 30.3 Å². The molecule has 1 radical (unpaired) electrons. The first-order chi connectivity index (χ1) is 7.86. The van der Waals surface area contributed by atoms with Crippen molar-refractivity contribution in [3.63, 3.8) is 0 Å². The Kier molecular flexibility index (Phi) is 3.00. The van der Waals surface area contributed by atoms with Gasteiger partial charge in [-0.25, -0.2) is 0 Å². The highest BCUT2D eigenvalue weighted by atomic mass is 16.5. The van der Waals surface area contributed by atoms with Gasteiger partial charge < -0.3 is 9.47 Å². The lowest BCUT2D eigenvalue weighted by Gasteiger charge is -2.10. The van der Waals surface area contributed by atoms with E-state index < -0.39 is 0 Å². The van der Waals surface area contributed by atoms with Gasteiger partial charge in [-0.3, -0.25) is 0 Å². The van der Waals surface area contributed by atoms with Gasteiger partial charge >= 0.3 is 0 Å². The Bertz CT molecular complexity index is 449. The summed E-state index contributed by atoms with van der Waals surface area (Å²) in [5.41, 5.74) is 1.69. The van der Waals surface area contributed by atoms with Crippen LogP contribution in [0.3, 0.4) is 0 Å². The Hall–Kier alpha value is -2.10. The van der Waals surface area contributed by atoms with Crippen molar-refractivity contribution in [1.29, 1.82) is 0 Å². The molecule has 2 aromatic rings. The first kappa shape index (κ1) is 10.4. The average Bonchev–Trinajstić information content (AvgIpc) is 2.38. The maximum atomic E-state index is 5.18. The van der Waals surface area contributed by atoms with Crippen LogP contribution in [0.2, 0.25) is 0 Å². The molecular weight excluding hydrogens is 204 g/mol. The molecule has 0 spiro atoms. The zero-order valence-corrected chi connectivity index (χ0v) is 9.10. The van der Waals surface area contributed by atoms with E-state index in [4.69, 9.17) is 9.47 Å². The van der Waals surface area contributed by atoms with Crippen molar-refractivity contribution in [2.45, 2.75) is 0 Å². The summed E-state index contributed by atoms with van der Waals surface area (Å²) in [5.74, 6) is 0.913. The van der Waals surface area contributed by atoms with Crippen molar-refractivity contribution in [3.8, 4) is 22.9 Å². The molecule has 0 fully saturated rings. The van der Waals surface area contributed by atoms with Crippen LogP contribution in [0.1, 0.15) is 0 Å². The summed E-state index contributed by atoms with van der Waals surface area (Å²) in [6, 6.07) is 9.71. The van der Waals surface area contributed by atoms with E-state index in [1.54, 1.807) is 14.2 Å². The Labute approximate surface area is 93.9 Å². The topological polar surface area (TPSA) is 44.2 Å². The fourth-order valence-corrected chi connectivity index (χ4v) is 1.47. The number of methoxy groups -OCH3 is 2. The fourth-order valence-electron chi connectivity index (χ4n) is 1.47. The van der Waals surface area contributed by atoms with Crippen LogP contribution in [0.15, 0.2) is 30.3 Å². The zero-order chi connectivity index (χ0) is 11.4. The Morgan fingerprint density at radius 1 is 0.938 bits per heavy atom. The van der Waals surface area contributed by atoms with Crippen LogP contribution in [0.4, 0.5) is 0 Å². The summed E-state index contributed by atoms with van der Waals surface area (Å²) in [6.45, 7) is 0. The van der Waals surface area contributed by atoms with E-state index in [2.05, 4.69) is 16.3 Å². The Balaban J connectivity index is 2.62. The summed E-state index contributed by atoms with van der Waals surface area (Å²) in [7, 11) is 3.12. The van der Waals surface area contributed by atoms with Gasteiger partial charge in [0.1, 0.15) is 5.56 Å². The molecule has 81 valence electrons. The molecule has 0 bridgehead atoms. The molecule has 0 amide bonds. The minimum atomic E-state index is 0.457. The van der Waals surface area contributed by atoms with Gasteiger partial charge in [0.15, 0.2) is 0 Å². The van der Waals surface area contributed by atoms with Crippen LogP contribution in [-0.4, -0.2) is 24.2 Å². The lowest BCUT2D eigenvalue weighted by Crippen LogP contribution is -1.98. The fraction of sp³-hybridized carbons (Fsp3) is 0.167. The summed E-state index contributed by atoms with van der Waals surface area (Å²) in [4.78, 5) is 7.89. The molecule has 0 aliphatic rings. The second-order valence-electron chi connectivity index (χ2n) is 3.08. The number of benzene rings is 1. The Morgan fingerprint density at radius 2 is 1.50 bits per heavy atom. The lowest BCUT2D eigenvalue weighted by molar-refractivity contribution is 0.374. The predicted octanol–water partition coefficient (Wildman–Crippen LogP) is 1.96. The van der Waals surface area contributed by atoms with Crippen molar-refractivity contribution in [1.82, 2.24) is 9.97 Å². The van der Waals surface area contributed by atoms with Crippen LogP contribution in [0.5, 0.6) is 11.8 Å². The van der Waals surface area contributed by atoms with Crippen LogP contribution in [-0.2, 0) is 0 Å². The summed E-state index contributed by atoms with van der Waals surface area (Å²) in [6.07, 6.45) is 2.49. The van der Waals surface area contributed by atoms with Crippen molar-refractivity contribution in [3.05, 3.63) is 36.7 Å². The van der Waals surface area contributed by atoms with Gasteiger partial charge in [-0.05, 0) is 5.56 Å². The van der Waals surface area contributed by atoms with Gasteiger partial charge in [-0.2, -0.15) is 9.97 Å². The van der Waals surface area contributed by atoms with E-state index in [9.17, 15) is 0 Å². The van der Waals surface area contributed by atoms with Crippen molar-refractivity contribution >= 4 is 0 Å². The number of hydrogen-bond donors (Lipinski definition) is 0. The van der Waals surface area contributed by atoms with Crippen LogP contribution in [0.25, 0.3) is 11.1 Å². The summed E-state index contributed by atoms with van der Waals surface area (Å²) < 4.78 is 10.4. The molecule has 0 unspecified atom stereocenters. The second-order valence-corrected chi connectivity index (χ2v) is 3.08. The minimum Gasteiger partial charge on any atom is -0.480 e. The SMILES string of the molecule is COc1n[c]nc(OC)c1-c1ccccc1. The molecule has 0 saturated heterocycles. The predicted molar refractivity (Wildman–Crippen MR) is 59.4 cm³/mol. The van der Waals surface area contributed by atoms with E-state index >= 15 is 0 Å². The molecule has 0 N–H and O–H groups in total. The smallest absolute Gasteiger partial charge is 0.228 e. The summed E-state index contributed by atoms with van der Waals surface area (Å²) >= 11 is 0. The number of nitrogens with zero attached hydrogens (tertiary/aromatic N) is 2. The highest BCUT2D eigenvalue weighted by Crippen LogP contribution is 2.34. The highest BCUT2D eigenvalue weighted by Gasteiger charge is 2.14. The maximum Gasteiger partial charge on any atom is 0.228 e. The molecule has 4 nitrogen and oxygen atoms in total. The third kappa shape index (κ3) is 1.82. The summed E-state index contributed by atoms with van der Waals surface area (Å²) in [5, 5.41) is 0. The minimum absolute atomic E-state index is 0.457. The van der Waals surface area contributed by atoms with E-state index in [-0.39, 0.29) is 0 Å². The molecule has 1 heterocycles. The van der Waals surface area contributed by atoms with Crippen molar-refractivity contribution in [2.24, 2.45) is 0 Å². The Morgan fingerprint density at radius 3 is 2.00 bits per heavy atom. The third-order valence-corrected chi connectivity index (χ3v) is 2.18. The zero-order valence-electron chi connectivity index (χ0n) is 9.10. The van der Waals surface area contributed by atoms with Gasteiger partial charge in [0.2, 0.25) is 18.1 Å². The molecule has 1 aromatic heterocycles. The van der Waals surface area contributed by atoms with Crippen LogP contribution in [0, 0.1) is 6.33 Å². The van der Waals surface area contributed by atoms with Gasteiger partial charge in [0, 0.05) is 0 Å².